The molecule has 0 spiro atoms. The zero-order chi connectivity index (χ0) is 17.4. The lowest BCUT2D eigenvalue weighted by molar-refractivity contribution is 0.242. The van der Waals surface area contributed by atoms with Crippen LogP contribution in [-0.4, -0.2) is 25.2 Å². The van der Waals surface area contributed by atoms with Gasteiger partial charge in [0.15, 0.2) is 5.96 Å². The smallest absolute Gasteiger partial charge is 0.193 e. The predicted octanol–water partition coefficient (Wildman–Crippen LogP) is 3.59. The summed E-state index contributed by atoms with van der Waals surface area (Å²) in [6.45, 7) is 6.98. The number of nitrogens with one attached hydrogen (secondary N) is 1. The average molecular weight is 327 g/mol. The quantitative estimate of drug-likeness (QED) is 0.463. The molecule has 0 aliphatic rings. The molecular weight excluding hydrogens is 302 g/mol. The molecule has 0 bridgehead atoms. The molecule has 24 heavy (non-hydrogen) atoms. The van der Waals surface area contributed by atoms with Crippen molar-refractivity contribution in [1.29, 1.82) is 0 Å². The van der Waals surface area contributed by atoms with Gasteiger partial charge < -0.3 is 20.5 Å². The maximum absolute atomic E-state index is 5.89. The van der Waals surface area contributed by atoms with Crippen molar-refractivity contribution in [3.05, 3.63) is 54.1 Å². The minimum atomic E-state index is 0.156. The Balaban J connectivity index is 1.78. The third-order valence-corrected chi connectivity index (χ3v) is 3.22. The molecule has 0 saturated carbocycles. The molecule has 0 amide bonds. The first kappa shape index (κ1) is 17.7. The van der Waals surface area contributed by atoms with Crippen LogP contribution in [0.15, 0.2) is 53.5 Å². The summed E-state index contributed by atoms with van der Waals surface area (Å²) in [4.78, 5) is 4.26. The fourth-order valence-corrected chi connectivity index (χ4v) is 2.12. The van der Waals surface area contributed by atoms with E-state index in [4.69, 9.17) is 15.2 Å². The van der Waals surface area contributed by atoms with Gasteiger partial charge in [-0.1, -0.05) is 18.2 Å². The van der Waals surface area contributed by atoms with E-state index in [9.17, 15) is 0 Å². The topological polar surface area (TPSA) is 68.9 Å². The highest BCUT2D eigenvalue weighted by Crippen LogP contribution is 2.17. The Bertz CT molecular complexity index is 667. The van der Waals surface area contributed by atoms with Crippen LogP contribution in [0.25, 0.3) is 0 Å². The van der Waals surface area contributed by atoms with Gasteiger partial charge in [-0.15, -0.1) is 0 Å². The molecule has 0 atom stereocenters. The van der Waals surface area contributed by atoms with Crippen molar-refractivity contribution >= 4 is 11.6 Å². The van der Waals surface area contributed by atoms with Crippen LogP contribution in [0.1, 0.15) is 19.4 Å². The highest BCUT2D eigenvalue weighted by atomic mass is 16.5. The van der Waals surface area contributed by atoms with Crippen LogP contribution in [0.2, 0.25) is 0 Å². The monoisotopic (exact) mass is 327 g/mol. The summed E-state index contributed by atoms with van der Waals surface area (Å²) in [7, 11) is 0. The standard InChI is InChI=1S/C19H25N3O2/c1-14(2)24-17-10-8-16(9-11-17)22-19(20)21-12-13-23-18-7-5-4-6-15(18)3/h4-11,14H,12-13H2,1-3H3,(H3,20,21,22). The highest BCUT2D eigenvalue weighted by molar-refractivity contribution is 5.92. The highest BCUT2D eigenvalue weighted by Gasteiger charge is 2.00. The molecule has 0 aliphatic carbocycles. The van der Waals surface area contributed by atoms with E-state index in [1.54, 1.807) is 0 Å². The van der Waals surface area contributed by atoms with Crippen LogP contribution < -0.4 is 20.5 Å². The first-order valence-electron chi connectivity index (χ1n) is 8.06. The first-order valence-corrected chi connectivity index (χ1v) is 8.06. The van der Waals surface area contributed by atoms with Gasteiger partial charge in [-0.3, -0.25) is 0 Å². The second-order valence-corrected chi connectivity index (χ2v) is 5.70. The SMILES string of the molecule is Cc1ccccc1OCCN=C(N)Nc1ccc(OC(C)C)cc1. The van der Waals surface area contributed by atoms with E-state index in [0.29, 0.717) is 19.1 Å². The molecule has 2 rings (SSSR count). The lowest BCUT2D eigenvalue weighted by atomic mass is 10.2. The zero-order valence-electron chi connectivity index (χ0n) is 14.5. The van der Waals surface area contributed by atoms with Gasteiger partial charge in [-0.25, -0.2) is 4.99 Å². The molecule has 5 heteroatoms. The van der Waals surface area contributed by atoms with Crippen LogP contribution in [0.4, 0.5) is 5.69 Å². The summed E-state index contributed by atoms with van der Waals surface area (Å²) >= 11 is 0. The molecule has 0 saturated heterocycles. The Morgan fingerprint density at radius 1 is 1.12 bits per heavy atom. The Hall–Kier alpha value is -2.69. The molecule has 0 heterocycles. The summed E-state index contributed by atoms with van der Waals surface area (Å²) in [6, 6.07) is 15.5. The Labute approximate surface area is 143 Å². The molecule has 2 aromatic carbocycles. The summed E-state index contributed by atoms with van der Waals surface area (Å²) in [5.74, 6) is 2.07. The van der Waals surface area contributed by atoms with Gasteiger partial charge in [0.1, 0.15) is 18.1 Å². The molecule has 0 unspecified atom stereocenters. The van der Waals surface area contributed by atoms with Gasteiger partial charge in [0.25, 0.3) is 0 Å². The molecule has 5 nitrogen and oxygen atoms in total. The van der Waals surface area contributed by atoms with E-state index in [1.807, 2.05) is 69.3 Å². The van der Waals surface area contributed by atoms with Crippen LogP contribution in [0.3, 0.4) is 0 Å². The number of ether oxygens (including phenoxy) is 2. The molecule has 0 aromatic heterocycles. The third-order valence-electron chi connectivity index (χ3n) is 3.22. The van der Waals surface area contributed by atoms with Gasteiger partial charge in [-0.05, 0) is 56.7 Å². The number of nitrogens with two attached hydrogens (primary N) is 1. The number of rotatable bonds is 7. The molecule has 0 aliphatic heterocycles. The summed E-state index contributed by atoms with van der Waals surface area (Å²) in [5, 5.41) is 3.05. The fraction of sp³-hybridized carbons (Fsp3) is 0.316. The van der Waals surface area contributed by atoms with E-state index < -0.39 is 0 Å². The van der Waals surface area contributed by atoms with Gasteiger partial charge in [0.05, 0.1) is 12.6 Å². The summed E-state index contributed by atoms with van der Waals surface area (Å²) in [5.41, 5.74) is 7.86. The van der Waals surface area contributed by atoms with Gasteiger partial charge in [0.2, 0.25) is 0 Å². The van der Waals surface area contributed by atoms with E-state index in [1.165, 1.54) is 0 Å². The van der Waals surface area contributed by atoms with Gasteiger partial charge in [0, 0.05) is 5.69 Å². The summed E-state index contributed by atoms with van der Waals surface area (Å²) < 4.78 is 11.3. The number of para-hydroxylation sites is 1. The van der Waals surface area contributed by atoms with E-state index in [2.05, 4.69) is 10.3 Å². The number of benzene rings is 2. The van der Waals surface area contributed by atoms with Crippen molar-refractivity contribution in [3.8, 4) is 11.5 Å². The Morgan fingerprint density at radius 2 is 1.83 bits per heavy atom. The summed E-state index contributed by atoms with van der Waals surface area (Å²) in [6.07, 6.45) is 0.156. The molecule has 3 N–H and O–H groups in total. The number of guanidine groups is 1. The second kappa shape index (κ2) is 8.82. The number of nitrogens with zero attached hydrogens (tertiary/aromatic N) is 1. The van der Waals surface area contributed by atoms with Crippen molar-refractivity contribution in [2.24, 2.45) is 10.7 Å². The fourth-order valence-electron chi connectivity index (χ4n) is 2.12. The van der Waals surface area contributed by atoms with Crippen molar-refractivity contribution in [1.82, 2.24) is 0 Å². The maximum Gasteiger partial charge on any atom is 0.193 e. The van der Waals surface area contributed by atoms with Crippen LogP contribution in [0.5, 0.6) is 11.5 Å². The van der Waals surface area contributed by atoms with E-state index >= 15 is 0 Å². The predicted molar refractivity (Wildman–Crippen MR) is 99.0 cm³/mol. The van der Waals surface area contributed by atoms with Crippen LogP contribution in [0, 0.1) is 6.92 Å². The number of aryl methyl sites for hydroxylation is 1. The molecule has 0 fully saturated rings. The number of anilines is 1. The Morgan fingerprint density at radius 3 is 2.50 bits per heavy atom. The lowest BCUT2D eigenvalue weighted by Gasteiger charge is -2.11. The zero-order valence-corrected chi connectivity index (χ0v) is 14.5. The third kappa shape index (κ3) is 5.83. The molecular formula is C19H25N3O2. The van der Waals surface area contributed by atoms with Crippen molar-refractivity contribution in [2.75, 3.05) is 18.5 Å². The lowest BCUT2D eigenvalue weighted by Crippen LogP contribution is -2.23. The normalized spacial score (nSPS) is 11.4. The van der Waals surface area contributed by atoms with Crippen molar-refractivity contribution in [3.63, 3.8) is 0 Å². The minimum absolute atomic E-state index is 0.156. The van der Waals surface area contributed by atoms with E-state index in [-0.39, 0.29) is 6.10 Å². The van der Waals surface area contributed by atoms with Crippen molar-refractivity contribution < 1.29 is 9.47 Å². The van der Waals surface area contributed by atoms with Crippen molar-refractivity contribution in [2.45, 2.75) is 26.9 Å². The Kier molecular flexibility index (Phi) is 6.49. The molecule has 2 aromatic rings. The minimum Gasteiger partial charge on any atom is -0.491 e. The second-order valence-electron chi connectivity index (χ2n) is 5.70. The number of hydrogen-bond donors (Lipinski definition) is 2. The molecule has 128 valence electrons. The van der Waals surface area contributed by atoms with Gasteiger partial charge >= 0.3 is 0 Å². The van der Waals surface area contributed by atoms with Gasteiger partial charge in [-0.2, -0.15) is 0 Å². The molecule has 0 radical (unpaired) electrons. The number of hydrogen-bond acceptors (Lipinski definition) is 3. The maximum atomic E-state index is 5.89. The number of aliphatic imine (C=N–C) groups is 1. The largest absolute Gasteiger partial charge is 0.491 e. The van der Waals surface area contributed by atoms with Crippen LogP contribution in [-0.2, 0) is 0 Å². The first-order chi connectivity index (χ1) is 11.5. The average Bonchev–Trinajstić information content (AvgIpc) is 2.54. The van der Waals surface area contributed by atoms with E-state index in [0.717, 1.165) is 22.7 Å². The van der Waals surface area contributed by atoms with Crippen LogP contribution >= 0.6 is 0 Å².